The van der Waals surface area contributed by atoms with E-state index in [0.717, 1.165) is 16.4 Å². The van der Waals surface area contributed by atoms with Crippen LogP contribution in [0.3, 0.4) is 0 Å². The lowest BCUT2D eigenvalue weighted by molar-refractivity contribution is 0.172. The summed E-state index contributed by atoms with van der Waals surface area (Å²) in [5.41, 5.74) is -0.891. The number of methoxy groups -OCH3 is 1. The van der Waals surface area contributed by atoms with Crippen molar-refractivity contribution in [2.75, 3.05) is 43.9 Å². The van der Waals surface area contributed by atoms with Gasteiger partial charge in [-0.3, -0.25) is 4.72 Å². The summed E-state index contributed by atoms with van der Waals surface area (Å²) in [5.74, 6) is -3.23. The quantitative estimate of drug-likeness (QED) is 0.258. The van der Waals surface area contributed by atoms with Crippen LogP contribution in [0.1, 0.15) is 13.3 Å². The molecular weight excluding hydrogens is 560 g/mol. The molecule has 2 aromatic rings. The Morgan fingerprint density at radius 1 is 1.12 bits per heavy atom. The maximum atomic E-state index is 14.5. The van der Waals surface area contributed by atoms with Crippen molar-refractivity contribution in [1.29, 1.82) is 0 Å². The van der Waals surface area contributed by atoms with Crippen LogP contribution in [0.15, 0.2) is 30.3 Å². The Hall–Kier alpha value is -1.61. The Morgan fingerprint density at radius 2 is 1.81 bits per heavy atom. The molecule has 0 aliphatic heterocycles. The number of halogens is 4. The number of nitrogens with zero attached hydrogens (tertiary/aromatic N) is 1. The van der Waals surface area contributed by atoms with Gasteiger partial charge < -0.3 is 15.4 Å². The van der Waals surface area contributed by atoms with Crippen LogP contribution < -0.4 is 15.4 Å². The van der Waals surface area contributed by atoms with Gasteiger partial charge in [0.05, 0.1) is 18.0 Å². The summed E-state index contributed by atoms with van der Waals surface area (Å²) in [4.78, 5) is 0. The van der Waals surface area contributed by atoms with Gasteiger partial charge in [0.2, 0.25) is 0 Å². The highest BCUT2D eigenvalue weighted by Crippen LogP contribution is 2.32. The highest BCUT2D eigenvalue weighted by Gasteiger charge is 2.22. The summed E-state index contributed by atoms with van der Waals surface area (Å²) < 4.78 is 76.9. The van der Waals surface area contributed by atoms with Gasteiger partial charge in [0.25, 0.3) is 0 Å². The molecule has 178 valence electrons. The van der Waals surface area contributed by atoms with Crippen molar-refractivity contribution in [1.82, 2.24) is 9.62 Å². The molecule has 0 radical (unpaired) electrons. The molecule has 1 atom stereocenters. The Balaban J connectivity index is 2.14. The van der Waals surface area contributed by atoms with E-state index in [-0.39, 0.29) is 24.0 Å². The van der Waals surface area contributed by atoms with Gasteiger partial charge in [-0.2, -0.15) is 12.7 Å². The van der Waals surface area contributed by atoms with Gasteiger partial charge in [-0.05, 0) is 72.8 Å². The van der Waals surface area contributed by atoms with Gasteiger partial charge in [-0.25, -0.2) is 13.2 Å². The van der Waals surface area contributed by atoms with E-state index in [4.69, 9.17) is 4.74 Å². The van der Waals surface area contributed by atoms with Crippen LogP contribution >= 0.6 is 22.6 Å². The maximum Gasteiger partial charge on any atom is 0.301 e. The number of benzene rings is 2. The van der Waals surface area contributed by atoms with Crippen LogP contribution in [0.2, 0.25) is 0 Å². The topological polar surface area (TPSA) is 82.7 Å². The second-order valence-electron chi connectivity index (χ2n) is 7.13. The van der Waals surface area contributed by atoms with Crippen LogP contribution in [0.5, 0.6) is 0 Å². The van der Waals surface area contributed by atoms with Gasteiger partial charge in [0.15, 0.2) is 11.6 Å². The zero-order valence-electron chi connectivity index (χ0n) is 17.9. The highest BCUT2D eigenvalue weighted by molar-refractivity contribution is 14.1. The number of hydrogen-bond donors (Lipinski definition) is 3. The number of hydrogen-bond acceptors (Lipinski definition) is 5. The van der Waals surface area contributed by atoms with Crippen molar-refractivity contribution in [3.63, 3.8) is 0 Å². The Bertz CT molecular complexity index is 1030. The Labute approximate surface area is 200 Å². The van der Waals surface area contributed by atoms with Crippen LogP contribution in [0, 0.1) is 21.0 Å². The lowest BCUT2D eigenvalue weighted by Gasteiger charge is -2.21. The number of anilines is 3. The third-order valence-electron chi connectivity index (χ3n) is 4.49. The molecule has 0 saturated carbocycles. The molecule has 0 spiro atoms. The minimum absolute atomic E-state index is 0.123. The van der Waals surface area contributed by atoms with Gasteiger partial charge in [0.1, 0.15) is 11.5 Å². The molecule has 12 heteroatoms. The first-order chi connectivity index (χ1) is 15.0. The van der Waals surface area contributed by atoms with Gasteiger partial charge in [-0.15, -0.1) is 0 Å². The normalized spacial score (nSPS) is 12.8. The fourth-order valence-electron chi connectivity index (χ4n) is 2.78. The first-order valence-corrected chi connectivity index (χ1v) is 12.2. The zero-order chi connectivity index (χ0) is 23.9. The van der Waals surface area contributed by atoms with Crippen molar-refractivity contribution in [2.45, 2.75) is 19.4 Å². The predicted molar refractivity (Wildman–Crippen MR) is 128 cm³/mol. The summed E-state index contributed by atoms with van der Waals surface area (Å²) in [5, 5.41) is 5.65. The van der Waals surface area contributed by atoms with Crippen LogP contribution in [-0.4, -0.2) is 52.6 Å². The van der Waals surface area contributed by atoms with Crippen molar-refractivity contribution < 1.29 is 26.3 Å². The summed E-state index contributed by atoms with van der Waals surface area (Å²) in [6, 6.07) is 6.12. The lowest BCUT2D eigenvalue weighted by atomic mass is 10.2. The molecule has 0 aliphatic carbocycles. The van der Waals surface area contributed by atoms with E-state index in [0.29, 0.717) is 23.1 Å². The van der Waals surface area contributed by atoms with Gasteiger partial charge >= 0.3 is 10.2 Å². The first kappa shape index (κ1) is 26.6. The molecule has 0 bridgehead atoms. The minimum atomic E-state index is -4.08. The molecule has 3 N–H and O–H groups in total. The summed E-state index contributed by atoms with van der Waals surface area (Å²) >= 11 is 1.91. The Kier molecular flexibility index (Phi) is 10.0. The van der Waals surface area contributed by atoms with Crippen molar-refractivity contribution in [3.05, 3.63) is 51.4 Å². The van der Waals surface area contributed by atoms with Crippen molar-refractivity contribution in [3.8, 4) is 0 Å². The smallest absolute Gasteiger partial charge is 0.301 e. The summed E-state index contributed by atoms with van der Waals surface area (Å²) in [7, 11) is -1.12. The molecule has 32 heavy (non-hydrogen) atoms. The molecular formula is C20H26F3IN4O3S. The zero-order valence-corrected chi connectivity index (χ0v) is 20.9. The molecule has 0 aliphatic rings. The molecule has 2 aromatic carbocycles. The number of rotatable bonds is 12. The fraction of sp³-hybridized carbons (Fsp3) is 0.400. The largest absolute Gasteiger partial charge is 0.383 e. The lowest BCUT2D eigenvalue weighted by Crippen LogP contribution is -2.36. The second-order valence-corrected chi connectivity index (χ2v) is 10.1. The highest BCUT2D eigenvalue weighted by atomic mass is 127. The third kappa shape index (κ3) is 7.47. The van der Waals surface area contributed by atoms with Gasteiger partial charge in [0, 0.05) is 30.3 Å². The molecule has 2 rings (SSSR count). The Morgan fingerprint density at radius 3 is 2.47 bits per heavy atom. The van der Waals surface area contributed by atoms with Crippen LogP contribution in [0.25, 0.3) is 0 Å². The van der Waals surface area contributed by atoms with Gasteiger partial charge in [-0.1, -0.05) is 0 Å². The summed E-state index contributed by atoms with van der Waals surface area (Å²) in [6.45, 7) is 3.22. The third-order valence-corrected chi connectivity index (χ3v) is 6.65. The monoisotopic (exact) mass is 586 g/mol. The average Bonchev–Trinajstić information content (AvgIpc) is 2.72. The van der Waals surface area contributed by atoms with Crippen molar-refractivity contribution >= 4 is 49.9 Å². The minimum Gasteiger partial charge on any atom is -0.383 e. The van der Waals surface area contributed by atoms with Crippen LogP contribution in [-0.2, 0) is 14.9 Å². The standard InChI is InChI=1S/C20H26F3IN4O3S/c1-13(12-31-3)25-9-4-10-28(2)32(29,30)27-18-8-6-15(21)19(23)20(18)26-17-7-5-14(24)11-16(17)22/h5-8,11,13,25-27H,4,9-10,12H2,1-3H3. The fourth-order valence-corrected chi connectivity index (χ4v) is 4.21. The predicted octanol–water partition coefficient (Wildman–Crippen LogP) is 4.06. The van der Waals surface area contributed by atoms with E-state index in [2.05, 4.69) is 15.4 Å². The average molecular weight is 586 g/mol. The van der Waals surface area contributed by atoms with Crippen LogP contribution in [0.4, 0.5) is 30.2 Å². The van der Waals surface area contributed by atoms with E-state index in [1.54, 1.807) is 13.2 Å². The number of nitrogens with one attached hydrogen (secondary N) is 3. The van der Waals surface area contributed by atoms with Crippen molar-refractivity contribution in [2.24, 2.45) is 0 Å². The van der Waals surface area contributed by atoms with E-state index < -0.39 is 33.3 Å². The molecule has 0 heterocycles. The number of ether oxygens (including phenoxy) is 1. The van der Waals surface area contributed by atoms with E-state index >= 15 is 0 Å². The molecule has 0 aromatic heterocycles. The second kappa shape index (κ2) is 12.0. The molecule has 0 amide bonds. The maximum absolute atomic E-state index is 14.5. The summed E-state index contributed by atoms with van der Waals surface area (Å²) in [6.07, 6.45) is 0.516. The van der Waals surface area contributed by atoms with E-state index in [1.165, 1.54) is 19.2 Å². The molecule has 0 fully saturated rings. The van der Waals surface area contributed by atoms with E-state index in [1.807, 2.05) is 29.5 Å². The molecule has 1 unspecified atom stereocenters. The molecule has 7 nitrogen and oxygen atoms in total. The SMILES string of the molecule is COCC(C)NCCCN(C)S(=O)(=O)Nc1ccc(F)c(F)c1Nc1ccc(I)cc1F. The molecule has 0 saturated heterocycles. The first-order valence-electron chi connectivity index (χ1n) is 9.71. The van der Waals surface area contributed by atoms with E-state index in [9.17, 15) is 21.6 Å².